The summed E-state index contributed by atoms with van der Waals surface area (Å²) in [4.78, 5) is 11.0. The molecule has 0 aliphatic carbocycles. The van der Waals surface area contributed by atoms with Gasteiger partial charge in [-0.05, 0) is 18.6 Å². The van der Waals surface area contributed by atoms with Crippen LogP contribution in [0.25, 0.3) is 11.0 Å². The number of nitrogens with zero attached hydrogens (tertiary/aromatic N) is 3. The molecule has 2 N–H and O–H groups in total. The molecule has 0 radical (unpaired) electrons. The first-order valence-corrected chi connectivity index (χ1v) is 6.04. The Balaban J connectivity index is 0.00000120. The van der Waals surface area contributed by atoms with Gasteiger partial charge >= 0.3 is 0 Å². The van der Waals surface area contributed by atoms with Crippen molar-refractivity contribution in [3.63, 3.8) is 0 Å². The van der Waals surface area contributed by atoms with Gasteiger partial charge in [-0.1, -0.05) is 23.7 Å². The maximum Gasteiger partial charge on any atom is 0.172 e. The van der Waals surface area contributed by atoms with Crippen molar-refractivity contribution in [1.29, 1.82) is 0 Å². The average Bonchev–Trinajstić information content (AvgIpc) is 2.75. The van der Waals surface area contributed by atoms with E-state index in [1.165, 1.54) is 0 Å². The van der Waals surface area contributed by atoms with E-state index in [4.69, 9.17) is 17.3 Å². The zero-order valence-corrected chi connectivity index (χ0v) is 11.3. The fourth-order valence-electron chi connectivity index (χ4n) is 2.15. The van der Waals surface area contributed by atoms with Crippen LogP contribution in [0.5, 0.6) is 0 Å². The standard InChI is InChI=1S/C12H13ClN4.ClH/c13-11-12(17-6-5-8(14)7-17)16-10-4-2-1-3-9(10)15-11;/h1-4,8H,5-7,14H2;1H. The fourth-order valence-corrected chi connectivity index (χ4v) is 2.40. The normalized spacial score (nSPS) is 19.0. The van der Waals surface area contributed by atoms with Crippen molar-refractivity contribution >= 4 is 40.9 Å². The van der Waals surface area contributed by atoms with Gasteiger partial charge in [0.25, 0.3) is 0 Å². The summed E-state index contributed by atoms with van der Waals surface area (Å²) in [6.45, 7) is 1.70. The van der Waals surface area contributed by atoms with E-state index in [2.05, 4.69) is 14.9 Å². The van der Waals surface area contributed by atoms with E-state index in [0.717, 1.165) is 36.4 Å². The van der Waals surface area contributed by atoms with E-state index in [9.17, 15) is 0 Å². The molecule has 6 heteroatoms. The van der Waals surface area contributed by atoms with Crippen LogP contribution in [0, 0.1) is 0 Å². The second-order valence-electron chi connectivity index (χ2n) is 4.32. The zero-order valence-electron chi connectivity index (χ0n) is 9.71. The van der Waals surface area contributed by atoms with E-state index in [-0.39, 0.29) is 18.4 Å². The number of para-hydroxylation sites is 2. The van der Waals surface area contributed by atoms with Crippen LogP contribution >= 0.6 is 24.0 Å². The molecule has 0 saturated carbocycles. The van der Waals surface area contributed by atoms with Crippen LogP contribution in [0.15, 0.2) is 24.3 Å². The largest absolute Gasteiger partial charge is 0.352 e. The van der Waals surface area contributed by atoms with Gasteiger partial charge in [-0.3, -0.25) is 0 Å². The summed E-state index contributed by atoms with van der Waals surface area (Å²) in [5, 5.41) is 0.456. The number of fused-ring (bicyclic) bond motifs is 1. The smallest absolute Gasteiger partial charge is 0.172 e. The molecule has 1 saturated heterocycles. The van der Waals surface area contributed by atoms with Crippen molar-refractivity contribution in [3.8, 4) is 0 Å². The lowest BCUT2D eigenvalue weighted by Crippen LogP contribution is -2.27. The third-order valence-electron chi connectivity index (χ3n) is 3.04. The van der Waals surface area contributed by atoms with E-state index in [0.29, 0.717) is 5.15 Å². The first-order valence-electron chi connectivity index (χ1n) is 5.67. The lowest BCUT2D eigenvalue weighted by Gasteiger charge is -2.17. The molecule has 1 aromatic heterocycles. The highest BCUT2D eigenvalue weighted by Gasteiger charge is 2.23. The van der Waals surface area contributed by atoms with Crippen molar-refractivity contribution in [2.75, 3.05) is 18.0 Å². The number of hydrogen-bond donors (Lipinski definition) is 1. The van der Waals surface area contributed by atoms with E-state index in [1.54, 1.807) is 0 Å². The molecule has 4 nitrogen and oxygen atoms in total. The van der Waals surface area contributed by atoms with Crippen molar-refractivity contribution in [2.45, 2.75) is 12.5 Å². The van der Waals surface area contributed by atoms with Gasteiger partial charge in [-0.2, -0.15) is 0 Å². The Morgan fingerprint density at radius 1 is 1.22 bits per heavy atom. The Kier molecular flexibility index (Phi) is 3.90. The maximum atomic E-state index is 6.17. The Labute approximate surface area is 117 Å². The number of anilines is 1. The van der Waals surface area contributed by atoms with Crippen LogP contribution in [0.1, 0.15) is 6.42 Å². The minimum absolute atomic E-state index is 0. The number of rotatable bonds is 1. The molecule has 18 heavy (non-hydrogen) atoms. The van der Waals surface area contributed by atoms with Crippen molar-refractivity contribution in [2.24, 2.45) is 5.73 Å². The SMILES string of the molecule is Cl.NC1CCN(c2nc3ccccc3nc2Cl)C1. The number of benzene rings is 1. The van der Waals surface area contributed by atoms with Crippen LogP contribution < -0.4 is 10.6 Å². The fraction of sp³-hybridized carbons (Fsp3) is 0.333. The lowest BCUT2D eigenvalue weighted by atomic mass is 10.3. The molecule has 2 heterocycles. The third-order valence-corrected chi connectivity index (χ3v) is 3.29. The lowest BCUT2D eigenvalue weighted by molar-refractivity contribution is 0.751. The van der Waals surface area contributed by atoms with Gasteiger partial charge in [0.2, 0.25) is 0 Å². The van der Waals surface area contributed by atoms with Crippen LogP contribution in [0.3, 0.4) is 0 Å². The molecule has 1 aromatic carbocycles. The first-order chi connectivity index (χ1) is 8.24. The van der Waals surface area contributed by atoms with Crippen molar-refractivity contribution < 1.29 is 0 Å². The molecule has 3 rings (SSSR count). The summed E-state index contributed by atoms with van der Waals surface area (Å²) in [5.41, 5.74) is 7.58. The molecule has 1 aliphatic heterocycles. The predicted octanol–water partition coefficient (Wildman–Crippen LogP) is 2.24. The maximum absolute atomic E-state index is 6.17. The van der Waals surface area contributed by atoms with Gasteiger partial charge in [-0.15, -0.1) is 12.4 Å². The molecular formula is C12H14Cl2N4. The minimum Gasteiger partial charge on any atom is -0.352 e. The van der Waals surface area contributed by atoms with Gasteiger partial charge in [0, 0.05) is 19.1 Å². The van der Waals surface area contributed by atoms with E-state index >= 15 is 0 Å². The number of aromatic nitrogens is 2. The molecular weight excluding hydrogens is 271 g/mol. The summed E-state index contributed by atoms with van der Waals surface area (Å²) >= 11 is 6.17. The summed E-state index contributed by atoms with van der Waals surface area (Å²) in [6, 6.07) is 7.94. The highest BCUT2D eigenvalue weighted by Crippen LogP contribution is 2.26. The monoisotopic (exact) mass is 284 g/mol. The Bertz CT molecular complexity index is 561. The van der Waals surface area contributed by atoms with E-state index < -0.39 is 0 Å². The highest BCUT2D eigenvalue weighted by molar-refractivity contribution is 6.32. The Morgan fingerprint density at radius 3 is 2.50 bits per heavy atom. The third kappa shape index (κ3) is 2.36. The summed E-state index contributed by atoms with van der Waals surface area (Å²) in [6.07, 6.45) is 0.977. The van der Waals surface area contributed by atoms with Crippen LogP contribution in [-0.4, -0.2) is 29.1 Å². The van der Waals surface area contributed by atoms with E-state index in [1.807, 2.05) is 24.3 Å². The Hall–Kier alpha value is -1.10. The number of halogens is 2. The quantitative estimate of drug-likeness (QED) is 0.873. The molecule has 0 spiro atoms. The topological polar surface area (TPSA) is 55.0 Å². The zero-order chi connectivity index (χ0) is 11.8. The molecule has 1 unspecified atom stereocenters. The van der Waals surface area contributed by atoms with Crippen LogP contribution in [0.2, 0.25) is 5.15 Å². The predicted molar refractivity (Wildman–Crippen MR) is 76.6 cm³/mol. The summed E-state index contributed by atoms with van der Waals surface area (Å²) < 4.78 is 0. The van der Waals surface area contributed by atoms with Gasteiger partial charge < -0.3 is 10.6 Å². The Morgan fingerprint density at radius 2 is 1.89 bits per heavy atom. The number of hydrogen-bond acceptors (Lipinski definition) is 4. The molecule has 1 fully saturated rings. The van der Waals surface area contributed by atoms with Gasteiger partial charge in [0.1, 0.15) is 0 Å². The molecule has 1 aliphatic rings. The van der Waals surface area contributed by atoms with Gasteiger partial charge in [-0.25, -0.2) is 9.97 Å². The van der Waals surface area contributed by atoms with Crippen LogP contribution in [-0.2, 0) is 0 Å². The molecule has 96 valence electrons. The highest BCUT2D eigenvalue weighted by atomic mass is 35.5. The van der Waals surface area contributed by atoms with Crippen molar-refractivity contribution in [3.05, 3.63) is 29.4 Å². The average molecular weight is 285 g/mol. The van der Waals surface area contributed by atoms with Crippen molar-refractivity contribution in [1.82, 2.24) is 9.97 Å². The molecule has 2 aromatic rings. The summed E-state index contributed by atoms with van der Waals surface area (Å²) in [5.74, 6) is 0.748. The second-order valence-corrected chi connectivity index (χ2v) is 4.68. The molecule has 1 atom stereocenters. The summed E-state index contributed by atoms with van der Waals surface area (Å²) in [7, 11) is 0. The van der Waals surface area contributed by atoms with Gasteiger partial charge in [0.15, 0.2) is 11.0 Å². The first kappa shape index (κ1) is 13.3. The molecule has 0 amide bonds. The van der Waals surface area contributed by atoms with Crippen LogP contribution in [0.4, 0.5) is 5.82 Å². The molecule has 0 bridgehead atoms. The second kappa shape index (κ2) is 5.26. The van der Waals surface area contributed by atoms with Gasteiger partial charge in [0.05, 0.1) is 11.0 Å². The number of nitrogens with two attached hydrogens (primary N) is 1. The minimum atomic E-state index is 0.